The van der Waals surface area contributed by atoms with Gasteiger partial charge in [-0.15, -0.1) is 0 Å². The number of halogens is 3. The number of phenols is 1. The van der Waals surface area contributed by atoms with Crippen molar-refractivity contribution in [1.82, 2.24) is 0 Å². The van der Waals surface area contributed by atoms with Gasteiger partial charge in [0.1, 0.15) is 17.9 Å². The number of carboxylic acids is 1. The zero-order chi connectivity index (χ0) is 19.6. The molecule has 0 unspecified atom stereocenters. The van der Waals surface area contributed by atoms with Crippen LogP contribution in [0.3, 0.4) is 0 Å². The number of allylic oxidation sites excluding steroid dienone is 2. The Morgan fingerprint density at radius 3 is 2.50 bits per heavy atom. The van der Waals surface area contributed by atoms with E-state index in [0.29, 0.717) is 5.57 Å². The SMILES string of the molecule is CC(=CCc1c(O)c2c(c(C)c1C(F)=C(F)F)COC2=O)CCC(=O)O. The number of fused-ring (bicyclic) bond motifs is 1. The average molecular weight is 370 g/mol. The smallest absolute Gasteiger partial charge is 0.342 e. The number of carbonyl (C=O) groups excluding carboxylic acids is 1. The van der Waals surface area contributed by atoms with Crippen LogP contribution in [0.15, 0.2) is 17.7 Å². The first-order valence-electron chi connectivity index (χ1n) is 7.78. The molecule has 1 aliphatic rings. The van der Waals surface area contributed by atoms with E-state index in [9.17, 15) is 27.9 Å². The molecule has 0 aromatic heterocycles. The molecule has 140 valence electrons. The minimum Gasteiger partial charge on any atom is -0.507 e. The second kappa shape index (κ2) is 7.63. The summed E-state index contributed by atoms with van der Waals surface area (Å²) in [6.07, 6.45) is -1.08. The van der Waals surface area contributed by atoms with Gasteiger partial charge in [0.2, 0.25) is 0 Å². The van der Waals surface area contributed by atoms with Crippen molar-refractivity contribution in [3.8, 4) is 5.75 Å². The van der Waals surface area contributed by atoms with E-state index in [4.69, 9.17) is 9.84 Å². The number of cyclic esters (lactones) is 1. The molecule has 1 aromatic carbocycles. The van der Waals surface area contributed by atoms with Gasteiger partial charge in [0.15, 0.2) is 5.83 Å². The van der Waals surface area contributed by atoms with Crippen LogP contribution in [-0.2, 0) is 22.6 Å². The zero-order valence-electron chi connectivity index (χ0n) is 14.2. The van der Waals surface area contributed by atoms with Gasteiger partial charge in [-0.25, -0.2) is 9.18 Å². The fourth-order valence-corrected chi connectivity index (χ4v) is 2.86. The van der Waals surface area contributed by atoms with Crippen LogP contribution in [0.5, 0.6) is 5.75 Å². The molecule has 2 rings (SSSR count). The van der Waals surface area contributed by atoms with Gasteiger partial charge >= 0.3 is 18.0 Å². The Labute approximate surface area is 147 Å². The highest BCUT2D eigenvalue weighted by atomic mass is 19.3. The summed E-state index contributed by atoms with van der Waals surface area (Å²) in [6, 6.07) is 0. The molecule has 0 bridgehead atoms. The Balaban J connectivity index is 2.57. The van der Waals surface area contributed by atoms with E-state index < -0.39 is 35.2 Å². The van der Waals surface area contributed by atoms with E-state index >= 15 is 0 Å². The monoisotopic (exact) mass is 370 g/mol. The van der Waals surface area contributed by atoms with Crippen LogP contribution < -0.4 is 0 Å². The first-order valence-corrected chi connectivity index (χ1v) is 7.78. The van der Waals surface area contributed by atoms with Crippen molar-refractivity contribution in [1.29, 1.82) is 0 Å². The summed E-state index contributed by atoms with van der Waals surface area (Å²) in [6.45, 7) is 2.79. The van der Waals surface area contributed by atoms with Gasteiger partial charge in [-0.3, -0.25) is 4.79 Å². The van der Waals surface area contributed by atoms with Gasteiger partial charge in [0, 0.05) is 23.1 Å². The van der Waals surface area contributed by atoms with Crippen LogP contribution in [0.1, 0.15) is 52.4 Å². The highest BCUT2D eigenvalue weighted by Crippen LogP contribution is 2.42. The third kappa shape index (κ3) is 3.74. The molecule has 0 saturated heterocycles. The van der Waals surface area contributed by atoms with Crippen LogP contribution in [0, 0.1) is 6.92 Å². The van der Waals surface area contributed by atoms with E-state index in [0.717, 1.165) is 0 Å². The van der Waals surface area contributed by atoms with Crippen LogP contribution in [-0.4, -0.2) is 22.2 Å². The van der Waals surface area contributed by atoms with Gasteiger partial charge in [-0.2, -0.15) is 8.78 Å². The lowest BCUT2D eigenvalue weighted by atomic mass is 9.89. The Morgan fingerprint density at radius 1 is 1.27 bits per heavy atom. The predicted octanol–water partition coefficient (Wildman–Crippen LogP) is 4.26. The molecule has 1 aliphatic heterocycles. The summed E-state index contributed by atoms with van der Waals surface area (Å²) in [5.41, 5.74) is 0.116. The molecule has 8 heteroatoms. The van der Waals surface area contributed by atoms with Crippen molar-refractivity contribution >= 4 is 17.8 Å². The molecule has 0 saturated carbocycles. The maximum atomic E-state index is 14.1. The van der Waals surface area contributed by atoms with E-state index in [1.165, 1.54) is 13.0 Å². The Morgan fingerprint density at radius 2 is 1.92 bits per heavy atom. The first kappa shape index (κ1) is 19.6. The number of benzene rings is 1. The fraction of sp³-hybridized carbons (Fsp3) is 0.333. The maximum Gasteiger partial charge on any atom is 0.342 e. The number of phenolic OH excluding ortho intramolecular Hbond substituents is 1. The Bertz CT molecular complexity index is 836. The highest BCUT2D eigenvalue weighted by Gasteiger charge is 2.33. The van der Waals surface area contributed by atoms with Crippen molar-refractivity contribution in [3.05, 3.63) is 45.5 Å². The molecule has 0 radical (unpaired) electrons. The fourth-order valence-electron chi connectivity index (χ4n) is 2.86. The maximum absolute atomic E-state index is 14.1. The number of esters is 1. The minimum atomic E-state index is -2.54. The number of hydrogen-bond acceptors (Lipinski definition) is 4. The number of carbonyl (C=O) groups is 2. The lowest BCUT2D eigenvalue weighted by Gasteiger charge is -2.15. The second-order valence-electron chi connectivity index (χ2n) is 5.98. The largest absolute Gasteiger partial charge is 0.507 e. The average Bonchev–Trinajstić information content (AvgIpc) is 2.96. The van der Waals surface area contributed by atoms with Crippen LogP contribution in [0.2, 0.25) is 0 Å². The topological polar surface area (TPSA) is 83.8 Å². The van der Waals surface area contributed by atoms with Crippen molar-refractivity contribution in [3.63, 3.8) is 0 Å². The zero-order valence-corrected chi connectivity index (χ0v) is 14.2. The Kier molecular flexibility index (Phi) is 5.74. The molecule has 0 atom stereocenters. The van der Waals surface area contributed by atoms with Gasteiger partial charge in [0.05, 0.1) is 0 Å². The number of rotatable bonds is 6. The summed E-state index contributed by atoms with van der Waals surface area (Å²) in [5, 5.41) is 19.1. The van der Waals surface area contributed by atoms with Crippen molar-refractivity contribution in [2.75, 3.05) is 0 Å². The molecule has 0 amide bonds. The highest BCUT2D eigenvalue weighted by molar-refractivity contribution is 5.98. The van der Waals surface area contributed by atoms with Crippen molar-refractivity contribution in [2.45, 2.75) is 39.7 Å². The van der Waals surface area contributed by atoms with E-state index in [-0.39, 0.29) is 48.1 Å². The lowest BCUT2D eigenvalue weighted by Crippen LogP contribution is -2.04. The second-order valence-corrected chi connectivity index (χ2v) is 5.98. The van der Waals surface area contributed by atoms with Gasteiger partial charge in [0.25, 0.3) is 0 Å². The first-order chi connectivity index (χ1) is 12.1. The van der Waals surface area contributed by atoms with Crippen LogP contribution in [0.25, 0.3) is 5.83 Å². The molecule has 26 heavy (non-hydrogen) atoms. The molecule has 1 heterocycles. The molecule has 2 N–H and O–H groups in total. The molecule has 1 aromatic rings. The van der Waals surface area contributed by atoms with Gasteiger partial charge in [-0.05, 0) is 32.3 Å². The molecular formula is C18H17F3O5. The summed E-state index contributed by atoms with van der Waals surface area (Å²) < 4.78 is 44.7. The lowest BCUT2D eigenvalue weighted by molar-refractivity contribution is -0.136. The summed E-state index contributed by atoms with van der Waals surface area (Å²) in [5.74, 6) is -4.16. The number of aromatic hydroxyl groups is 1. The van der Waals surface area contributed by atoms with Crippen molar-refractivity contribution < 1.29 is 37.7 Å². The van der Waals surface area contributed by atoms with Crippen molar-refractivity contribution in [2.24, 2.45) is 0 Å². The number of ether oxygens (including phenoxy) is 1. The summed E-state index contributed by atoms with van der Waals surface area (Å²) in [4.78, 5) is 22.4. The normalized spacial score (nSPS) is 13.4. The van der Waals surface area contributed by atoms with Crippen LogP contribution in [0.4, 0.5) is 13.2 Å². The van der Waals surface area contributed by atoms with Crippen LogP contribution >= 0.6 is 0 Å². The van der Waals surface area contributed by atoms with Gasteiger partial charge in [-0.1, -0.05) is 11.6 Å². The predicted molar refractivity (Wildman–Crippen MR) is 86.5 cm³/mol. The molecule has 0 fully saturated rings. The molecule has 0 spiro atoms. The number of aliphatic carboxylic acids is 1. The molecule has 5 nitrogen and oxygen atoms in total. The third-order valence-corrected chi connectivity index (χ3v) is 4.28. The minimum absolute atomic E-state index is 0.0977. The quantitative estimate of drug-likeness (QED) is 0.577. The molecule has 0 aliphatic carbocycles. The third-order valence-electron chi connectivity index (χ3n) is 4.28. The number of carboxylic acid groups (broad SMARTS) is 1. The van der Waals surface area contributed by atoms with E-state index in [2.05, 4.69) is 0 Å². The molecular weight excluding hydrogens is 353 g/mol. The van der Waals surface area contributed by atoms with E-state index in [1.54, 1.807) is 6.92 Å². The Hall–Kier alpha value is -2.77. The number of hydrogen-bond donors (Lipinski definition) is 2. The standard InChI is InChI=1S/C18H17F3O5/c1-8(4-6-12(22)23)3-5-10-13(15(19)17(20)21)9(2)11-7-26-18(25)14(11)16(10)24/h3,24H,4-7H2,1-2H3,(H,22,23). The summed E-state index contributed by atoms with van der Waals surface area (Å²) >= 11 is 0. The van der Waals surface area contributed by atoms with Gasteiger partial charge < -0.3 is 14.9 Å². The van der Waals surface area contributed by atoms with E-state index in [1.807, 2.05) is 0 Å². The summed E-state index contributed by atoms with van der Waals surface area (Å²) in [7, 11) is 0.